The predicted molar refractivity (Wildman–Crippen MR) is 73.9 cm³/mol. The molecule has 1 heterocycles. The number of nitrogens with one attached hydrogen (secondary N) is 1. The van der Waals surface area contributed by atoms with Crippen molar-refractivity contribution < 1.29 is 17.2 Å². The Kier molecular flexibility index (Phi) is 4.07. The van der Waals surface area contributed by atoms with Crippen molar-refractivity contribution in [2.75, 3.05) is 5.73 Å². The largest absolute Gasteiger partial charge is 0.396 e. The van der Waals surface area contributed by atoms with Crippen LogP contribution < -0.4 is 10.5 Å². The molecule has 0 aliphatic rings. The second-order valence-electron chi connectivity index (χ2n) is 4.14. The first kappa shape index (κ1) is 14.9. The first-order valence-electron chi connectivity index (χ1n) is 5.59. The lowest BCUT2D eigenvalue weighted by Gasteiger charge is -2.08. The molecule has 0 saturated heterocycles. The Balaban J connectivity index is 2.24. The van der Waals surface area contributed by atoms with Gasteiger partial charge in [-0.25, -0.2) is 21.9 Å². The molecular weight excluding hydrogens is 306 g/mol. The molecular formula is C12H12F2N2O2S2. The minimum Gasteiger partial charge on any atom is -0.396 e. The maximum absolute atomic E-state index is 13.5. The van der Waals surface area contributed by atoms with E-state index in [4.69, 9.17) is 5.73 Å². The van der Waals surface area contributed by atoms with Crippen LogP contribution in [-0.4, -0.2) is 8.42 Å². The zero-order valence-corrected chi connectivity index (χ0v) is 12.1. The Morgan fingerprint density at radius 3 is 2.55 bits per heavy atom. The fourth-order valence-corrected chi connectivity index (χ4v) is 3.60. The lowest BCUT2D eigenvalue weighted by molar-refractivity contribution is 0.544. The SMILES string of the molecule is Cc1ccc(CNS(=O)(=O)c2cc(N)c(F)cc2F)s1. The van der Waals surface area contributed by atoms with Crippen molar-refractivity contribution in [1.82, 2.24) is 4.72 Å². The Morgan fingerprint density at radius 2 is 1.95 bits per heavy atom. The molecule has 8 heteroatoms. The molecule has 20 heavy (non-hydrogen) atoms. The van der Waals surface area contributed by atoms with Crippen LogP contribution in [0, 0.1) is 18.6 Å². The first-order valence-corrected chi connectivity index (χ1v) is 7.89. The summed E-state index contributed by atoms with van der Waals surface area (Å²) in [5, 5.41) is 0. The smallest absolute Gasteiger partial charge is 0.243 e. The highest BCUT2D eigenvalue weighted by Crippen LogP contribution is 2.21. The van der Waals surface area contributed by atoms with Crippen LogP contribution in [-0.2, 0) is 16.6 Å². The second-order valence-corrected chi connectivity index (χ2v) is 7.25. The van der Waals surface area contributed by atoms with Gasteiger partial charge in [0.05, 0.1) is 5.69 Å². The van der Waals surface area contributed by atoms with Gasteiger partial charge in [-0.05, 0) is 25.1 Å². The van der Waals surface area contributed by atoms with Crippen molar-refractivity contribution in [3.63, 3.8) is 0 Å². The van der Waals surface area contributed by atoms with Crippen molar-refractivity contribution in [3.05, 3.63) is 45.7 Å². The summed E-state index contributed by atoms with van der Waals surface area (Å²) in [6.07, 6.45) is 0. The van der Waals surface area contributed by atoms with Gasteiger partial charge in [0.15, 0.2) is 0 Å². The Morgan fingerprint density at radius 1 is 1.25 bits per heavy atom. The summed E-state index contributed by atoms with van der Waals surface area (Å²) in [5.41, 5.74) is 4.85. The Labute approximate surface area is 119 Å². The van der Waals surface area contributed by atoms with Crippen LogP contribution in [0.3, 0.4) is 0 Å². The van der Waals surface area contributed by atoms with E-state index in [1.165, 1.54) is 11.3 Å². The molecule has 2 rings (SSSR count). The molecule has 108 valence electrons. The number of sulfonamides is 1. The van der Waals surface area contributed by atoms with E-state index in [0.717, 1.165) is 15.8 Å². The zero-order valence-electron chi connectivity index (χ0n) is 10.5. The molecule has 0 unspecified atom stereocenters. The topological polar surface area (TPSA) is 72.2 Å². The monoisotopic (exact) mass is 318 g/mol. The van der Waals surface area contributed by atoms with Gasteiger partial charge in [-0.2, -0.15) is 0 Å². The molecule has 3 N–H and O–H groups in total. The van der Waals surface area contributed by atoms with Crippen LogP contribution in [0.25, 0.3) is 0 Å². The van der Waals surface area contributed by atoms with E-state index < -0.39 is 32.2 Å². The van der Waals surface area contributed by atoms with Gasteiger partial charge in [0.1, 0.15) is 16.5 Å². The second kappa shape index (κ2) is 5.47. The molecule has 0 bridgehead atoms. The van der Waals surface area contributed by atoms with Gasteiger partial charge in [0.2, 0.25) is 10.0 Å². The van der Waals surface area contributed by atoms with Gasteiger partial charge in [-0.1, -0.05) is 0 Å². The third-order valence-electron chi connectivity index (χ3n) is 2.57. The molecule has 0 fully saturated rings. The summed E-state index contributed by atoms with van der Waals surface area (Å²) in [6.45, 7) is 1.93. The Hall–Kier alpha value is -1.51. The number of thiophene rings is 1. The summed E-state index contributed by atoms with van der Waals surface area (Å²) >= 11 is 1.43. The van der Waals surface area contributed by atoms with Crippen LogP contribution in [0.5, 0.6) is 0 Å². The molecule has 0 spiro atoms. The van der Waals surface area contributed by atoms with Crippen LogP contribution in [0.15, 0.2) is 29.2 Å². The zero-order chi connectivity index (χ0) is 14.9. The van der Waals surface area contributed by atoms with E-state index >= 15 is 0 Å². The molecule has 0 amide bonds. The van der Waals surface area contributed by atoms with Gasteiger partial charge in [-0.15, -0.1) is 11.3 Å². The van der Waals surface area contributed by atoms with Crippen LogP contribution >= 0.6 is 11.3 Å². The lowest BCUT2D eigenvalue weighted by atomic mass is 10.3. The summed E-state index contributed by atoms with van der Waals surface area (Å²) in [4.78, 5) is 1.17. The quantitative estimate of drug-likeness (QED) is 0.850. The van der Waals surface area contributed by atoms with Crippen LogP contribution in [0.2, 0.25) is 0 Å². The average Bonchev–Trinajstić information content (AvgIpc) is 2.77. The van der Waals surface area contributed by atoms with E-state index in [1.54, 1.807) is 6.07 Å². The molecule has 0 aliphatic carbocycles. The van der Waals surface area contributed by atoms with Crippen molar-refractivity contribution >= 4 is 27.0 Å². The van der Waals surface area contributed by atoms with Crippen LogP contribution in [0.4, 0.5) is 14.5 Å². The minimum atomic E-state index is -4.08. The van der Waals surface area contributed by atoms with E-state index in [-0.39, 0.29) is 6.54 Å². The summed E-state index contributed by atoms with van der Waals surface area (Å²) in [6, 6.07) is 4.86. The highest BCUT2D eigenvalue weighted by atomic mass is 32.2. The summed E-state index contributed by atoms with van der Waals surface area (Å²) < 4.78 is 52.8. The summed E-state index contributed by atoms with van der Waals surface area (Å²) in [5.74, 6) is -2.16. The number of benzene rings is 1. The highest BCUT2D eigenvalue weighted by molar-refractivity contribution is 7.89. The minimum absolute atomic E-state index is 0.0392. The van der Waals surface area contributed by atoms with Gasteiger partial charge >= 0.3 is 0 Å². The molecule has 0 atom stereocenters. The van der Waals surface area contributed by atoms with Gasteiger partial charge in [-0.3, -0.25) is 0 Å². The van der Waals surface area contributed by atoms with E-state index in [0.29, 0.717) is 6.07 Å². The molecule has 0 saturated carbocycles. The fraction of sp³-hybridized carbons (Fsp3) is 0.167. The molecule has 4 nitrogen and oxygen atoms in total. The number of anilines is 1. The highest BCUT2D eigenvalue weighted by Gasteiger charge is 2.21. The lowest BCUT2D eigenvalue weighted by Crippen LogP contribution is -2.24. The first-order chi connectivity index (χ1) is 9.29. The fourth-order valence-electron chi connectivity index (χ4n) is 1.57. The van der Waals surface area contributed by atoms with E-state index in [1.807, 2.05) is 13.0 Å². The van der Waals surface area contributed by atoms with E-state index in [9.17, 15) is 17.2 Å². The molecule has 0 radical (unpaired) electrons. The van der Waals surface area contributed by atoms with Crippen molar-refractivity contribution in [2.24, 2.45) is 0 Å². The van der Waals surface area contributed by atoms with E-state index in [2.05, 4.69) is 4.72 Å². The predicted octanol–water partition coefficient (Wildman–Crippen LogP) is 2.40. The van der Waals surface area contributed by atoms with Crippen molar-refractivity contribution in [1.29, 1.82) is 0 Å². The maximum Gasteiger partial charge on any atom is 0.243 e. The normalized spacial score (nSPS) is 11.8. The molecule has 0 aliphatic heterocycles. The van der Waals surface area contributed by atoms with Crippen molar-refractivity contribution in [3.8, 4) is 0 Å². The number of hydrogen-bond donors (Lipinski definition) is 2. The number of aryl methyl sites for hydroxylation is 1. The number of nitrogen functional groups attached to an aromatic ring is 1. The van der Waals surface area contributed by atoms with Crippen LogP contribution in [0.1, 0.15) is 9.75 Å². The Bertz CT molecular complexity index is 742. The summed E-state index contributed by atoms with van der Waals surface area (Å²) in [7, 11) is -4.08. The number of rotatable bonds is 4. The molecule has 1 aromatic carbocycles. The van der Waals surface area contributed by atoms with Gasteiger partial charge in [0.25, 0.3) is 0 Å². The molecule has 1 aromatic heterocycles. The molecule has 2 aromatic rings. The average molecular weight is 318 g/mol. The third-order valence-corrected chi connectivity index (χ3v) is 4.99. The van der Waals surface area contributed by atoms with Gasteiger partial charge in [0, 0.05) is 22.4 Å². The van der Waals surface area contributed by atoms with Gasteiger partial charge < -0.3 is 5.73 Å². The standard InChI is InChI=1S/C12H12F2N2O2S2/c1-7-2-3-8(19-7)6-16-20(17,18)12-5-11(15)9(13)4-10(12)14/h2-5,16H,6,15H2,1H3. The number of halogens is 2. The van der Waals surface area contributed by atoms with Crippen molar-refractivity contribution in [2.45, 2.75) is 18.4 Å². The third kappa shape index (κ3) is 3.14. The number of hydrogen-bond acceptors (Lipinski definition) is 4. The maximum atomic E-state index is 13.5. The number of nitrogens with two attached hydrogens (primary N) is 1.